The van der Waals surface area contributed by atoms with Gasteiger partial charge in [-0.1, -0.05) is 34.1 Å². The zero-order valence-electron chi connectivity index (χ0n) is 11.9. The second-order valence-electron chi connectivity index (χ2n) is 5.07. The summed E-state index contributed by atoms with van der Waals surface area (Å²) in [7, 11) is 0. The van der Waals surface area contributed by atoms with Crippen molar-refractivity contribution in [3.05, 3.63) is 68.7 Å². The number of benzene rings is 2. The van der Waals surface area contributed by atoms with Gasteiger partial charge in [-0.05, 0) is 24.3 Å². The molecule has 1 heterocycles. The van der Waals surface area contributed by atoms with Crippen molar-refractivity contribution >= 4 is 32.8 Å². The highest BCUT2D eigenvalue weighted by Gasteiger charge is 2.16. The number of aromatic nitrogens is 2. The lowest BCUT2D eigenvalue weighted by Gasteiger charge is -2.12. The number of halogens is 2. The minimum absolute atomic E-state index is 0.0646. The van der Waals surface area contributed by atoms with Crippen molar-refractivity contribution in [1.29, 1.82) is 0 Å². The summed E-state index contributed by atoms with van der Waals surface area (Å²) in [5.74, 6) is -1.56. The number of carboxylic acids is 1. The molecule has 0 atom stereocenters. The summed E-state index contributed by atoms with van der Waals surface area (Å²) in [6.45, 7) is -0.416. The third-order valence-corrected chi connectivity index (χ3v) is 4.05. The van der Waals surface area contributed by atoms with Gasteiger partial charge in [-0.3, -0.25) is 14.3 Å². The van der Waals surface area contributed by atoms with Crippen LogP contribution in [0.4, 0.5) is 4.39 Å². The SMILES string of the molecule is O=C(O)Cn1c(=O)c2ccccc2n1Cc1ccc(Br)cc1F. The van der Waals surface area contributed by atoms with Gasteiger partial charge in [0.2, 0.25) is 0 Å². The van der Waals surface area contributed by atoms with Crippen LogP contribution >= 0.6 is 15.9 Å². The van der Waals surface area contributed by atoms with Gasteiger partial charge in [-0.2, -0.15) is 0 Å². The molecule has 1 aromatic heterocycles. The van der Waals surface area contributed by atoms with Crippen LogP contribution < -0.4 is 5.56 Å². The molecular weight excluding hydrogens is 367 g/mol. The maximum Gasteiger partial charge on any atom is 0.325 e. The van der Waals surface area contributed by atoms with E-state index in [9.17, 15) is 14.0 Å². The molecule has 23 heavy (non-hydrogen) atoms. The molecule has 0 aliphatic rings. The summed E-state index contributed by atoms with van der Waals surface area (Å²) in [6.07, 6.45) is 0. The fourth-order valence-electron chi connectivity index (χ4n) is 2.53. The third-order valence-electron chi connectivity index (χ3n) is 3.56. The Bertz CT molecular complexity index is 962. The van der Waals surface area contributed by atoms with E-state index in [2.05, 4.69) is 15.9 Å². The summed E-state index contributed by atoms with van der Waals surface area (Å²) >= 11 is 3.19. The van der Waals surface area contributed by atoms with Crippen molar-refractivity contribution in [3.63, 3.8) is 0 Å². The molecule has 118 valence electrons. The molecule has 0 fully saturated rings. The van der Waals surface area contributed by atoms with E-state index in [1.54, 1.807) is 36.4 Å². The molecule has 2 aromatic carbocycles. The Morgan fingerprint density at radius 2 is 1.91 bits per heavy atom. The maximum absolute atomic E-state index is 14.1. The maximum atomic E-state index is 14.1. The van der Waals surface area contributed by atoms with Gasteiger partial charge in [0.25, 0.3) is 5.56 Å². The number of nitrogens with zero attached hydrogens (tertiary/aromatic N) is 2. The number of carbonyl (C=O) groups is 1. The van der Waals surface area contributed by atoms with Gasteiger partial charge in [-0.25, -0.2) is 9.07 Å². The van der Waals surface area contributed by atoms with Crippen LogP contribution in [-0.4, -0.2) is 20.4 Å². The van der Waals surface area contributed by atoms with Crippen molar-refractivity contribution in [2.75, 3.05) is 0 Å². The monoisotopic (exact) mass is 378 g/mol. The Morgan fingerprint density at radius 3 is 2.61 bits per heavy atom. The third kappa shape index (κ3) is 2.92. The Balaban J connectivity index is 2.18. The van der Waals surface area contributed by atoms with Crippen molar-refractivity contribution in [2.45, 2.75) is 13.1 Å². The number of rotatable bonds is 4. The minimum Gasteiger partial charge on any atom is -0.480 e. The van der Waals surface area contributed by atoms with E-state index in [4.69, 9.17) is 5.11 Å². The summed E-state index contributed by atoms with van der Waals surface area (Å²) in [4.78, 5) is 23.5. The van der Waals surface area contributed by atoms with Gasteiger partial charge < -0.3 is 5.11 Å². The van der Waals surface area contributed by atoms with Crippen LogP contribution in [0.1, 0.15) is 5.56 Å². The highest BCUT2D eigenvalue weighted by molar-refractivity contribution is 9.10. The molecular formula is C16H12BrFN2O3. The lowest BCUT2D eigenvalue weighted by molar-refractivity contribution is -0.138. The molecule has 3 aromatic rings. The molecule has 5 nitrogen and oxygen atoms in total. The van der Waals surface area contributed by atoms with E-state index in [0.29, 0.717) is 20.9 Å². The number of hydrogen-bond acceptors (Lipinski definition) is 2. The molecule has 0 spiro atoms. The zero-order valence-corrected chi connectivity index (χ0v) is 13.5. The summed E-state index contributed by atoms with van der Waals surface area (Å²) in [5, 5.41) is 9.45. The quantitative estimate of drug-likeness (QED) is 0.758. The first kappa shape index (κ1) is 15.5. The minimum atomic E-state index is -1.13. The van der Waals surface area contributed by atoms with Gasteiger partial charge in [-0.15, -0.1) is 0 Å². The number of aliphatic carboxylic acids is 1. The molecule has 0 amide bonds. The fourth-order valence-corrected chi connectivity index (χ4v) is 2.86. The molecule has 0 bridgehead atoms. The van der Waals surface area contributed by atoms with Crippen LogP contribution in [0.15, 0.2) is 51.7 Å². The summed E-state index contributed by atoms with van der Waals surface area (Å²) in [5.41, 5.74) is 0.537. The second kappa shape index (κ2) is 6.00. The molecule has 3 rings (SSSR count). The smallest absolute Gasteiger partial charge is 0.325 e. The Labute approximate surface area is 138 Å². The van der Waals surface area contributed by atoms with E-state index >= 15 is 0 Å². The number of hydrogen-bond donors (Lipinski definition) is 1. The highest BCUT2D eigenvalue weighted by atomic mass is 79.9. The first-order chi connectivity index (χ1) is 11.0. The van der Waals surface area contributed by atoms with Crippen LogP contribution in [0.5, 0.6) is 0 Å². The van der Waals surface area contributed by atoms with Crippen molar-refractivity contribution < 1.29 is 14.3 Å². The van der Waals surface area contributed by atoms with E-state index in [-0.39, 0.29) is 6.54 Å². The van der Waals surface area contributed by atoms with Crippen LogP contribution in [0.3, 0.4) is 0 Å². The van der Waals surface area contributed by atoms with Gasteiger partial charge in [0.1, 0.15) is 12.4 Å². The fraction of sp³-hybridized carbons (Fsp3) is 0.125. The predicted molar refractivity (Wildman–Crippen MR) is 87.0 cm³/mol. The Hall–Kier alpha value is -2.41. The molecule has 0 radical (unpaired) electrons. The number of carboxylic acid groups (broad SMARTS) is 1. The second-order valence-corrected chi connectivity index (χ2v) is 5.98. The molecule has 0 unspecified atom stereocenters. The topological polar surface area (TPSA) is 64.2 Å². The highest BCUT2D eigenvalue weighted by Crippen LogP contribution is 2.18. The Morgan fingerprint density at radius 1 is 1.17 bits per heavy atom. The van der Waals surface area contributed by atoms with E-state index < -0.39 is 23.9 Å². The lowest BCUT2D eigenvalue weighted by Crippen LogP contribution is -2.27. The first-order valence-electron chi connectivity index (χ1n) is 6.81. The lowest BCUT2D eigenvalue weighted by atomic mass is 10.2. The molecule has 0 aliphatic heterocycles. The summed E-state index contributed by atoms with van der Waals surface area (Å²) in [6, 6.07) is 11.4. The largest absolute Gasteiger partial charge is 0.480 e. The van der Waals surface area contributed by atoms with Crippen molar-refractivity contribution in [1.82, 2.24) is 9.36 Å². The first-order valence-corrected chi connectivity index (χ1v) is 7.60. The molecule has 0 aliphatic carbocycles. The van der Waals surface area contributed by atoms with Crippen molar-refractivity contribution in [3.8, 4) is 0 Å². The standard InChI is InChI=1S/C16H12BrFN2O3/c17-11-6-5-10(13(18)7-11)8-19-14-4-2-1-3-12(14)16(23)20(19)9-15(21)22/h1-7H,8-9H2,(H,21,22). The average molecular weight is 379 g/mol. The van der Waals surface area contributed by atoms with Gasteiger partial charge in [0, 0.05) is 10.0 Å². The summed E-state index contributed by atoms with van der Waals surface area (Å²) < 4.78 is 17.3. The molecule has 0 saturated heterocycles. The molecule has 1 N–H and O–H groups in total. The van der Waals surface area contributed by atoms with Gasteiger partial charge in [0.05, 0.1) is 17.4 Å². The molecule has 7 heteroatoms. The number of para-hydroxylation sites is 1. The van der Waals surface area contributed by atoms with Crippen LogP contribution in [-0.2, 0) is 17.9 Å². The normalized spacial score (nSPS) is 11.0. The van der Waals surface area contributed by atoms with Crippen LogP contribution in [0.2, 0.25) is 0 Å². The van der Waals surface area contributed by atoms with Gasteiger partial charge in [0.15, 0.2) is 0 Å². The predicted octanol–water partition coefficient (Wildman–Crippen LogP) is 2.84. The van der Waals surface area contributed by atoms with Crippen LogP contribution in [0.25, 0.3) is 10.9 Å². The van der Waals surface area contributed by atoms with Crippen LogP contribution in [0, 0.1) is 5.82 Å². The van der Waals surface area contributed by atoms with Crippen molar-refractivity contribution in [2.24, 2.45) is 0 Å². The zero-order chi connectivity index (χ0) is 16.6. The number of fused-ring (bicyclic) bond motifs is 1. The van der Waals surface area contributed by atoms with E-state index in [0.717, 1.165) is 4.68 Å². The van der Waals surface area contributed by atoms with E-state index in [1.807, 2.05) is 0 Å². The Kier molecular flexibility index (Phi) is 4.04. The molecule has 0 saturated carbocycles. The average Bonchev–Trinajstić information content (AvgIpc) is 2.75. The van der Waals surface area contributed by atoms with E-state index in [1.165, 1.54) is 10.7 Å². The van der Waals surface area contributed by atoms with Gasteiger partial charge >= 0.3 is 5.97 Å².